The molecule has 0 amide bonds. The maximum atomic E-state index is 10.9. The van der Waals surface area contributed by atoms with E-state index in [1.165, 1.54) is 6.92 Å². The van der Waals surface area contributed by atoms with Crippen molar-refractivity contribution in [2.45, 2.75) is 19.9 Å². The summed E-state index contributed by atoms with van der Waals surface area (Å²) in [4.78, 5) is 10.9. The van der Waals surface area contributed by atoms with Gasteiger partial charge in [-0.3, -0.25) is 4.79 Å². The average Bonchev–Trinajstić information content (AvgIpc) is 2.16. The lowest BCUT2D eigenvalue weighted by molar-refractivity contribution is -0.117. The van der Waals surface area contributed by atoms with Gasteiger partial charge in [-0.15, -0.1) is 0 Å². The fraction of sp³-hybridized carbons (Fsp3) is 0.364. The van der Waals surface area contributed by atoms with Gasteiger partial charge in [0.2, 0.25) is 0 Å². The fourth-order valence-corrected chi connectivity index (χ4v) is 1.13. The molecule has 0 aliphatic rings. The van der Waals surface area contributed by atoms with Crippen LogP contribution in [0.2, 0.25) is 0 Å². The van der Waals surface area contributed by atoms with Crippen LogP contribution in [0.4, 0.5) is 5.69 Å². The monoisotopic (exact) mass is 192 g/mol. The number of hydrogen-bond donors (Lipinski definition) is 2. The third kappa shape index (κ3) is 2.85. The number of ketones is 1. The highest BCUT2D eigenvalue weighted by Crippen LogP contribution is 2.12. The summed E-state index contributed by atoms with van der Waals surface area (Å²) in [6, 6.07) is 7.50. The molecule has 0 saturated carbocycles. The molecule has 0 spiro atoms. The van der Waals surface area contributed by atoms with Crippen LogP contribution >= 0.6 is 0 Å². The zero-order chi connectivity index (χ0) is 10.6. The zero-order valence-corrected chi connectivity index (χ0v) is 8.58. The van der Waals surface area contributed by atoms with Crippen LogP contribution in [-0.4, -0.2) is 18.4 Å². The Morgan fingerprint density at radius 3 is 2.71 bits per heavy atom. The summed E-state index contributed by atoms with van der Waals surface area (Å²) >= 11 is 0. The SMILES string of the molecule is CC(=O)C(N)CNc1ccccc1C. The number of nitrogens with two attached hydrogens (primary N) is 1. The standard InChI is InChI=1S/C11H16N2O/c1-8-5-3-4-6-11(8)13-7-10(12)9(2)14/h3-6,10,13H,7,12H2,1-2H3. The van der Waals surface area contributed by atoms with Crippen molar-refractivity contribution in [3.8, 4) is 0 Å². The number of anilines is 1. The molecule has 1 rings (SSSR count). The third-order valence-corrected chi connectivity index (χ3v) is 2.18. The Balaban J connectivity index is 2.54. The predicted octanol–water partition coefficient (Wildman–Crippen LogP) is 1.32. The van der Waals surface area contributed by atoms with Crippen molar-refractivity contribution < 1.29 is 4.79 Å². The first-order valence-corrected chi connectivity index (χ1v) is 4.67. The average molecular weight is 192 g/mol. The second kappa shape index (κ2) is 4.77. The fourth-order valence-electron chi connectivity index (χ4n) is 1.13. The van der Waals surface area contributed by atoms with Gasteiger partial charge in [-0.05, 0) is 25.5 Å². The lowest BCUT2D eigenvalue weighted by Crippen LogP contribution is -2.35. The van der Waals surface area contributed by atoms with Crippen molar-refractivity contribution >= 4 is 11.5 Å². The lowest BCUT2D eigenvalue weighted by atomic mass is 10.2. The second-order valence-electron chi connectivity index (χ2n) is 3.41. The first kappa shape index (κ1) is 10.7. The molecule has 0 aliphatic heterocycles. The summed E-state index contributed by atoms with van der Waals surface area (Å²) in [5.74, 6) is 0.00563. The van der Waals surface area contributed by atoms with Gasteiger partial charge in [0.05, 0.1) is 6.04 Å². The van der Waals surface area contributed by atoms with Gasteiger partial charge in [0.15, 0.2) is 0 Å². The van der Waals surface area contributed by atoms with E-state index in [9.17, 15) is 4.79 Å². The van der Waals surface area contributed by atoms with Crippen LogP contribution in [0, 0.1) is 6.92 Å². The maximum Gasteiger partial charge on any atom is 0.148 e. The van der Waals surface area contributed by atoms with Gasteiger partial charge in [0, 0.05) is 12.2 Å². The molecule has 0 aliphatic carbocycles. The molecule has 76 valence electrons. The Hall–Kier alpha value is -1.35. The Kier molecular flexibility index (Phi) is 3.65. The normalized spacial score (nSPS) is 12.2. The van der Waals surface area contributed by atoms with Crippen LogP contribution in [0.25, 0.3) is 0 Å². The van der Waals surface area contributed by atoms with Gasteiger partial charge in [-0.25, -0.2) is 0 Å². The summed E-state index contributed by atoms with van der Waals surface area (Å²) in [6.45, 7) is 4.01. The van der Waals surface area contributed by atoms with E-state index in [1.807, 2.05) is 31.2 Å². The van der Waals surface area contributed by atoms with E-state index in [-0.39, 0.29) is 5.78 Å². The number of benzene rings is 1. The molecule has 0 aromatic heterocycles. The van der Waals surface area contributed by atoms with Crippen LogP contribution in [0.1, 0.15) is 12.5 Å². The van der Waals surface area contributed by atoms with Gasteiger partial charge in [-0.2, -0.15) is 0 Å². The number of carbonyl (C=O) groups excluding carboxylic acids is 1. The van der Waals surface area contributed by atoms with Gasteiger partial charge >= 0.3 is 0 Å². The number of rotatable bonds is 4. The molecule has 1 unspecified atom stereocenters. The minimum Gasteiger partial charge on any atom is -0.383 e. The van der Waals surface area contributed by atoms with Crippen molar-refractivity contribution in [3.05, 3.63) is 29.8 Å². The highest BCUT2D eigenvalue weighted by molar-refractivity contribution is 5.81. The van der Waals surface area contributed by atoms with E-state index >= 15 is 0 Å². The van der Waals surface area contributed by atoms with E-state index in [2.05, 4.69) is 5.32 Å². The first-order valence-electron chi connectivity index (χ1n) is 4.67. The zero-order valence-electron chi connectivity index (χ0n) is 8.58. The van der Waals surface area contributed by atoms with Gasteiger partial charge in [0.25, 0.3) is 0 Å². The molecule has 0 fully saturated rings. The number of hydrogen-bond acceptors (Lipinski definition) is 3. The van der Waals surface area contributed by atoms with E-state index in [4.69, 9.17) is 5.73 Å². The molecule has 3 N–H and O–H groups in total. The molecule has 0 radical (unpaired) electrons. The molecule has 0 heterocycles. The number of nitrogens with one attached hydrogen (secondary N) is 1. The number of para-hydroxylation sites is 1. The molecular formula is C11H16N2O. The Morgan fingerprint density at radius 1 is 1.50 bits per heavy atom. The number of Topliss-reactive ketones (excluding diaryl/α,β-unsaturated/α-hetero) is 1. The molecule has 1 atom stereocenters. The van der Waals surface area contributed by atoms with Crippen LogP contribution in [-0.2, 0) is 4.79 Å². The van der Waals surface area contributed by atoms with E-state index < -0.39 is 6.04 Å². The lowest BCUT2D eigenvalue weighted by Gasteiger charge is -2.12. The van der Waals surface area contributed by atoms with Crippen molar-refractivity contribution in [2.24, 2.45) is 5.73 Å². The molecule has 3 heteroatoms. The maximum absolute atomic E-state index is 10.9. The summed E-state index contributed by atoms with van der Waals surface area (Å²) in [6.07, 6.45) is 0. The third-order valence-electron chi connectivity index (χ3n) is 2.18. The highest BCUT2D eigenvalue weighted by Gasteiger charge is 2.07. The Bertz CT molecular complexity index is 323. The van der Waals surface area contributed by atoms with Crippen molar-refractivity contribution in [1.82, 2.24) is 0 Å². The molecule has 0 bridgehead atoms. The summed E-state index contributed by atoms with van der Waals surface area (Å²) in [5, 5.41) is 3.15. The quantitative estimate of drug-likeness (QED) is 0.756. The van der Waals surface area contributed by atoms with Crippen LogP contribution in [0.3, 0.4) is 0 Å². The minimum absolute atomic E-state index is 0.00563. The summed E-state index contributed by atoms with van der Waals surface area (Å²) in [7, 11) is 0. The topological polar surface area (TPSA) is 55.1 Å². The Labute approximate surface area is 84.3 Å². The molecule has 14 heavy (non-hydrogen) atoms. The first-order chi connectivity index (χ1) is 6.61. The Morgan fingerprint density at radius 2 is 2.14 bits per heavy atom. The molecule has 0 saturated heterocycles. The molecule has 1 aromatic rings. The highest BCUT2D eigenvalue weighted by atomic mass is 16.1. The predicted molar refractivity (Wildman–Crippen MR) is 58.3 cm³/mol. The summed E-state index contributed by atoms with van der Waals surface area (Å²) < 4.78 is 0. The number of carbonyl (C=O) groups is 1. The molecule has 1 aromatic carbocycles. The number of aryl methyl sites for hydroxylation is 1. The molecular weight excluding hydrogens is 176 g/mol. The smallest absolute Gasteiger partial charge is 0.148 e. The van der Waals surface area contributed by atoms with Crippen molar-refractivity contribution in [3.63, 3.8) is 0 Å². The van der Waals surface area contributed by atoms with Crippen LogP contribution < -0.4 is 11.1 Å². The van der Waals surface area contributed by atoms with Crippen molar-refractivity contribution in [1.29, 1.82) is 0 Å². The van der Waals surface area contributed by atoms with E-state index in [0.29, 0.717) is 6.54 Å². The van der Waals surface area contributed by atoms with E-state index in [1.54, 1.807) is 0 Å². The van der Waals surface area contributed by atoms with Crippen molar-refractivity contribution in [2.75, 3.05) is 11.9 Å². The van der Waals surface area contributed by atoms with Crippen LogP contribution in [0.15, 0.2) is 24.3 Å². The largest absolute Gasteiger partial charge is 0.383 e. The second-order valence-corrected chi connectivity index (χ2v) is 3.41. The van der Waals surface area contributed by atoms with E-state index in [0.717, 1.165) is 11.3 Å². The van der Waals surface area contributed by atoms with Gasteiger partial charge in [0.1, 0.15) is 5.78 Å². The van der Waals surface area contributed by atoms with Gasteiger partial charge in [-0.1, -0.05) is 18.2 Å². The van der Waals surface area contributed by atoms with Crippen LogP contribution in [0.5, 0.6) is 0 Å². The minimum atomic E-state index is -0.422. The van der Waals surface area contributed by atoms with Gasteiger partial charge < -0.3 is 11.1 Å². The summed E-state index contributed by atoms with van der Waals surface area (Å²) in [5.41, 5.74) is 7.79. The molecule has 3 nitrogen and oxygen atoms in total.